The van der Waals surface area contributed by atoms with Gasteiger partial charge >= 0.3 is 0 Å². The lowest BCUT2D eigenvalue weighted by Crippen LogP contribution is -2.25. The maximum atomic E-state index is 13.9. The molecule has 2 saturated carbocycles. The lowest BCUT2D eigenvalue weighted by atomic mass is 9.84. The van der Waals surface area contributed by atoms with Gasteiger partial charge in [0.1, 0.15) is 6.61 Å². The van der Waals surface area contributed by atoms with Crippen LogP contribution in [0.1, 0.15) is 44.5 Å². The lowest BCUT2D eigenvalue weighted by Gasteiger charge is -2.30. The highest BCUT2D eigenvalue weighted by Crippen LogP contribution is 2.52. The SMILES string of the molecule is CNC(=O)CSc1nnc(COc2ccccc2F)n1C(C)C1CC2CCC1C2. The van der Waals surface area contributed by atoms with E-state index in [4.69, 9.17) is 4.74 Å². The molecule has 0 saturated heterocycles. The Hall–Kier alpha value is -2.09. The van der Waals surface area contributed by atoms with E-state index in [1.807, 2.05) is 0 Å². The smallest absolute Gasteiger partial charge is 0.230 e. The molecule has 2 aliphatic rings. The van der Waals surface area contributed by atoms with E-state index < -0.39 is 5.82 Å². The second-order valence-corrected chi connectivity index (χ2v) is 8.97. The number of halogens is 1. The van der Waals surface area contributed by atoms with Crippen molar-refractivity contribution in [3.8, 4) is 5.75 Å². The summed E-state index contributed by atoms with van der Waals surface area (Å²) in [6.45, 7) is 2.35. The summed E-state index contributed by atoms with van der Waals surface area (Å²) in [6, 6.07) is 6.58. The van der Waals surface area contributed by atoms with E-state index in [1.165, 1.54) is 43.5 Å². The minimum atomic E-state index is -0.395. The molecule has 1 heterocycles. The third kappa shape index (κ3) is 4.27. The maximum Gasteiger partial charge on any atom is 0.230 e. The molecule has 4 unspecified atom stereocenters. The van der Waals surface area contributed by atoms with Crippen LogP contribution in [0.3, 0.4) is 0 Å². The van der Waals surface area contributed by atoms with Crippen LogP contribution >= 0.6 is 11.8 Å². The molecule has 4 rings (SSSR count). The summed E-state index contributed by atoms with van der Waals surface area (Å²) in [4.78, 5) is 11.7. The molecule has 2 aliphatic carbocycles. The molecule has 1 amide bonds. The number of nitrogens with zero attached hydrogens (tertiary/aromatic N) is 3. The monoisotopic (exact) mass is 418 g/mol. The van der Waals surface area contributed by atoms with Gasteiger partial charge in [-0.3, -0.25) is 9.36 Å². The minimum Gasteiger partial charge on any atom is -0.483 e. The number of benzene rings is 1. The Morgan fingerprint density at radius 3 is 2.86 bits per heavy atom. The van der Waals surface area contributed by atoms with Crippen LogP contribution in [0, 0.1) is 23.6 Å². The summed E-state index contributed by atoms with van der Waals surface area (Å²) in [5.41, 5.74) is 0. The molecule has 0 spiro atoms. The molecule has 6 nitrogen and oxygen atoms in total. The standard InChI is InChI=1S/C21H27FN4O2S/c1-13(16-10-14-7-8-15(16)9-14)26-19(11-28-18-6-4-3-5-17(18)22)24-25-21(26)29-12-20(27)23-2/h3-6,13-16H,7-12H2,1-2H3,(H,23,27). The first kappa shape index (κ1) is 20.2. The topological polar surface area (TPSA) is 69.0 Å². The predicted octanol–water partition coefficient (Wildman–Crippen LogP) is 3.83. The van der Waals surface area contributed by atoms with Gasteiger partial charge in [-0.1, -0.05) is 30.3 Å². The molecule has 2 fully saturated rings. The van der Waals surface area contributed by atoms with Crippen LogP contribution in [0.4, 0.5) is 4.39 Å². The Morgan fingerprint density at radius 2 is 2.17 bits per heavy atom. The van der Waals surface area contributed by atoms with Crippen molar-refractivity contribution in [2.45, 2.75) is 50.4 Å². The zero-order valence-electron chi connectivity index (χ0n) is 16.8. The number of aromatic nitrogens is 3. The summed E-state index contributed by atoms with van der Waals surface area (Å²) in [5, 5.41) is 12.0. The number of para-hydroxylation sites is 1. The van der Waals surface area contributed by atoms with Crippen LogP contribution in [0.15, 0.2) is 29.4 Å². The van der Waals surface area contributed by atoms with Crippen molar-refractivity contribution in [3.05, 3.63) is 35.9 Å². The van der Waals surface area contributed by atoms with E-state index in [1.54, 1.807) is 25.2 Å². The van der Waals surface area contributed by atoms with Crippen molar-refractivity contribution in [2.75, 3.05) is 12.8 Å². The third-order valence-electron chi connectivity index (χ3n) is 6.36. The highest BCUT2D eigenvalue weighted by molar-refractivity contribution is 7.99. The minimum absolute atomic E-state index is 0.0544. The van der Waals surface area contributed by atoms with Crippen molar-refractivity contribution >= 4 is 17.7 Å². The number of fused-ring (bicyclic) bond motifs is 2. The summed E-state index contributed by atoms with van der Waals surface area (Å²) in [7, 11) is 1.62. The normalized spacial score (nSPS) is 23.9. The van der Waals surface area contributed by atoms with Gasteiger partial charge in [0.15, 0.2) is 22.5 Å². The number of carbonyl (C=O) groups excluding carboxylic acids is 1. The molecule has 1 aromatic carbocycles. The molecule has 2 bridgehead atoms. The maximum absolute atomic E-state index is 13.9. The molecule has 2 aromatic rings. The Bertz CT molecular complexity index is 874. The Morgan fingerprint density at radius 1 is 1.34 bits per heavy atom. The number of hydrogen-bond donors (Lipinski definition) is 1. The van der Waals surface area contributed by atoms with Crippen LogP contribution in [0.25, 0.3) is 0 Å². The van der Waals surface area contributed by atoms with Crippen LogP contribution in [0.2, 0.25) is 0 Å². The van der Waals surface area contributed by atoms with Gasteiger partial charge in [0.25, 0.3) is 0 Å². The summed E-state index contributed by atoms with van der Waals surface area (Å²) >= 11 is 1.38. The average molecular weight is 419 g/mol. The van der Waals surface area contributed by atoms with Crippen molar-refractivity contribution in [1.29, 1.82) is 0 Å². The number of nitrogens with one attached hydrogen (secondary N) is 1. The Balaban J connectivity index is 1.56. The van der Waals surface area contributed by atoms with Gasteiger partial charge in [-0.15, -0.1) is 10.2 Å². The van der Waals surface area contributed by atoms with E-state index in [2.05, 4.69) is 27.0 Å². The third-order valence-corrected chi connectivity index (χ3v) is 7.30. The van der Waals surface area contributed by atoms with E-state index in [9.17, 15) is 9.18 Å². The molecular formula is C21H27FN4O2S. The first-order valence-electron chi connectivity index (χ1n) is 10.2. The van der Waals surface area contributed by atoms with Crippen molar-refractivity contribution in [1.82, 2.24) is 20.1 Å². The van der Waals surface area contributed by atoms with E-state index >= 15 is 0 Å². The summed E-state index contributed by atoms with van der Waals surface area (Å²) < 4.78 is 21.8. The van der Waals surface area contributed by atoms with Crippen molar-refractivity contribution < 1.29 is 13.9 Å². The van der Waals surface area contributed by atoms with Gasteiger partial charge in [-0.25, -0.2) is 4.39 Å². The van der Waals surface area contributed by atoms with Gasteiger partial charge in [-0.2, -0.15) is 0 Å². The molecule has 1 N–H and O–H groups in total. The zero-order valence-corrected chi connectivity index (χ0v) is 17.6. The fraction of sp³-hybridized carbons (Fsp3) is 0.571. The number of ether oxygens (including phenoxy) is 1. The molecule has 0 radical (unpaired) electrons. The highest BCUT2D eigenvalue weighted by Gasteiger charge is 2.43. The average Bonchev–Trinajstić information content (AvgIpc) is 3.46. The Kier molecular flexibility index (Phi) is 6.08. The number of amides is 1. The lowest BCUT2D eigenvalue weighted by molar-refractivity contribution is -0.118. The fourth-order valence-electron chi connectivity index (χ4n) is 4.90. The van der Waals surface area contributed by atoms with Crippen LogP contribution in [-0.4, -0.2) is 33.5 Å². The molecule has 4 atom stereocenters. The van der Waals surface area contributed by atoms with Gasteiger partial charge in [-0.05, 0) is 56.1 Å². The summed E-state index contributed by atoms with van der Waals surface area (Å²) in [6.07, 6.45) is 5.19. The first-order valence-corrected chi connectivity index (χ1v) is 11.2. The van der Waals surface area contributed by atoms with Crippen LogP contribution < -0.4 is 10.1 Å². The van der Waals surface area contributed by atoms with Crippen molar-refractivity contribution in [2.24, 2.45) is 17.8 Å². The van der Waals surface area contributed by atoms with E-state index in [0.717, 1.165) is 17.0 Å². The second kappa shape index (κ2) is 8.73. The van der Waals surface area contributed by atoms with Gasteiger partial charge < -0.3 is 10.1 Å². The van der Waals surface area contributed by atoms with Crippen LogP contribution in [-0.2, 0) is 11.4 Å². The predicted molar refractivity (Wildman–Crippen MR) is 109 cm³/mol. The van der Waals surface area contributed by atoms with E-state index in [0.29, 0.717) is 11.7 Å². The van der Waals surface area contributed by atoms with Gasteiger partial charge in [0, 0.05) is 13.1 Å². The molecule has 156 valence electrons. The number of thioether (sulfide) groups is 1. The second-order valence-electron chi connectivity index (χ2n) is 8.03. The number of hydrogen-bond acceptors (Lipinski definition) is 5. The van der Waals surface area contributed by atoms with Gasteiger partial charge in [0.05, 0.1) is 5.75 Å². The molecule has 1 aromatic heterocycles. The largest absolute Gasteiger partial charge is 0.483 e. The molecular weight excluding hydrogens is 391 g/mol. The number of carbonyl (C=O) groups is 1. The zero-order chi connectivity index (χ0) is 20.4. The Labute approximate surface area is 174 Å². The molecule has 29 heavy (non-hydrogen) atoms. The summed E-state index contributed by atoms with van der Waals surface area (Å²) in [5.74, 6) is 2.87. The fourth-order valence-corrected chi connectivity index (χ4v) is 5.81. The van der Waals surface area contributed by atoms with Crippen LogP contribution in [0.5, 0.6) is 5.75 Å². The number of rotatable bonds is 8. The molecule has 8 heteroatoms. The first-order chi connectivity index (χ1) is 14.1. The van der Waals surface area contributed by atoms with Crippen molar-refractivity contribution in [3.63, 3.8) is 0 Å². The van der Waals surface area contributed by atoms with Gasteiger partial charge in [0.2, 0.25) is 5.91 Å². The highest BCUT2D eigenvalue weighted by atomic mass is 32.2. The van der Waals surface area contributed by atoms with E-state index in [-0.39, 0.29) is 30.1 Å². The molecule has 0 aliphatic heterocycles. The quantitative estimate of drug-likeness (QED) is 0.660.